The van der Waals surface area contributed by atoms with E-state index in [9.17, 15) is 4.79 Å². The minimum atomic E-state index is -2.33. The molecule has 1 unspecified atom stereocenters. The Balaban J connectivity index is 2.06. The molecule has 0 bridgehead atoms. The van der Waals surface area contributed by atoms with Gasteiger partial charge in [-0.05, 0) is 125 Å². The fourth-order valence-corrected chi connectivity index (χ4v) is 9.61. The van der Waals surface area contributed by atoms with Crippen LogP contribution >= 0.6 is 22.6 Å². The zero-order valence-electron chi connectivity index (χ0n) is 38.1. The van der Waals surface area contributed by atoms with Gasteiger partial charge in [0, 0.05) is 6.42 Å². The molecular weight excluding hydrogens is 860 g/mol. The van der Waals surface area contributed by atoms with Gasteiger partial charge in [-0.1, -0.05) is 113 Å². The third-order valence-electron chi connectivity index (χ3n) is 12.0. The van der Waals surface area contributed by atoms with E-state index in [-0.39, 0.29) is 28.8 Å². The number of ether oxygens (including phenoxy) is 4. The summed E-state index contributed by atoms with van der Waals surface area (Å²) in [6, 6.07) is 12.5. The Kier molecular flexibility index (Phi) is 17.8. The maximum Gasteiger partial charge on any atom is 0.343 e. The lowest BCUT2D eigenvalue weighted by Crippen LogP contribution is -2.52. The summed E-state index contributed by atoms with van der Waals surface area (Å²) < 4.78 is 40.5. The molecule has 0 saturated carbocycles. The Morgan fingerprint density at radius 1 is 0.947 bits per heavy atom. The van der Waals surface area contributed by atoms with Crippen LogP contribution < -0.4 is 9.47 Å². The summed E-state index contributed by atoms with van der Waals surface area (Å²) >= 11 is 2.41. The Morgan fingerprint density at radius 3 is 2.11 bits per heavy atom. The summed E-state index contributed by atoms with van der Waals surface area (Å²) in [7, 11) is -4.46. The molecule has 1 fully saturated rings. The summed E-state index contributed by atoms with van der Waals surface area (Å²) in [6.07, 6.45) is 5.15. The van der Waals surface area contributed by atoms with E-state index in [0.29, 0.717) is 38.6 Å². The van der Waals surface area contributed by atoms with Crippen LogP contribution in [0.4, 0.5) is 0 Å². The highest BCUT2D eigenvalue weighted by Gasteiger charge is 2.69. The summed E-state index contributed by atoms with van der Waals surface area (Å²) in [6.45, 7) is 39.1. The molecule has 320 valence electrons. The zero-order chi connectivity index (χ0) is 43.0. The highest BCUT2D eigenvalue weighted by Crippen LogP contribution is 2.50. The van der Waals surface area contributed by atoms with Crippen molar-refractivity contribution in [2.45, 2.75) is 176 Å². The van der Waals surface area contributed by atoms with Gasteiger partial charge in [-0.2, -0.15) is 0 Å². The SMILES string of the molecule is C=C(C[C@H](O[Si](C)(C)C(C)(C)C)C1(C(=O)OCC)O[C@@H]1CC)/C(=C/COc1c(I)cc(CC(C)C)c(OCc2ccccc2)c1CO[Si](C)(C)C(C)(C)C)CCC. The van der Waals surface area contributed by atoms with Crippen LogP contribution in [0.1, 0.15) is 119 Å². The molecule has 3 rings (SSSR count). The van der Waals surface area contributed by atoms with Crippen molar-refractivity contribution >= 4 is 45.2 Å². The quantitative estimate of drug-likeness (QED) is 0.0383. The van der Waals surface area contributed by atoms with Gasteiger partial charge >= 0.3 is 5.97 Å². The summed E-state index contributed by atoms with van der Waals surface area (Å²) in [5.74, 6) is 1.74. The lowest BCUT2D eigenvalue weighted by molar-refractivity contribution is -0.153. The average Bonchev–Trinajstić information content (AvgIpc) is 3.86. The monoisotopic (exact) mass is 934 g/mol. The molecule has 1 aliphatic heterocycles. The third kappa shape index (κ3) is 12.8. The maximum atomic E-state index is 13.7. The first-order chi connectivity index (χ1) is 26.4. The summed E-state index contributed by atoms with van der Waals surface area (Å²) in [5, 5.41) is -0.0207. The third-order valence-corrected chi connectivity index (χ3v) is 21.8. The normalized spacial score (nSPS) is 18.4. The van der Waals surface area contributed by atoms with Crippen LogP contribution in [-0.4, -0.2) is 53.6 Å². The molecule has 1 saturated heterocycles. The van der Waals surface area contributed by atoms with Gasteiger partial charge in [0.2, 0.25) is 5.60 Å². The van der Waals surface area contributed by atoms with E-state index < -0.39 is 28.3 Å². The van der Waals surface area contributed by atoms with Gasteiger partial charge in [0.05, 0.1) is 28.5 Å². The topological polar surface area (TPSA) is 75.8 Å². The molecule has 1 heterocycles. The van der Waals surface area contributed by atoms with Crippen LogP contribution in [0.5, 0.6) is 11.5 Å². The van der Waals surface area contributed by atoms with Crippen LogP contribution in [0.25, 0.3) is 0 Å². The predicted molar refractivity (Wildman–Crippen MR) is 249 cm³/mol. The smallest absolute Gasteiger partial charge is 0.343 e. The van der Waals surface area contributed by atoms with E-state index in [1.807, 2.05) is 32.0 Å². The number of carbonyl (C=O) groups excluding carboxylic acids is 1. The highest BCUT2D eigenvalue weighted by molar-refractivity contribution is 14.1. The van der Waals surface area contributed by atoms with Crippen molar-refractivity contribution in [1.82, 2.24) is 0 Å². The van der Waals surface area contributed by atoms with Crippen molar-refractivity contribution in [2.75, 3.05) is 13.2 Å². The van der Waals surface area contributed by atoms with Gasteiger partial charge in [-0.25, -0.2) is 4.79 Å². The fraction of sp³-hybridized carbons (Fsp3) is 0.638. The van der Waals surface area contributed by atoms with Gasteiger partial charge in [-0.15, -0.1) is 0 Å². The van der Waals surface area contributed by atoms with E-state index in [0.717, 1.165) is 62.2 Å². The van der Waals surface area contributed by atoms with E-state index in [2.05, 4.69) is 142 Å². The van der Waals surface area contributed by atoms with Crippen molar-refractivity contribution in [2.24, 2.45) is 5.92 Å². The number of esters is 1. The van der Waals surface area contributed by atoms with E-state index >= 15 is 0 Å². The molecule has 0 aromatic heterocycles. The molecule has 1 aliphatic rings. The van der Waals surface area contributed by atoms with Crippen molar-refractivity contribution in [3.8, 4) is 11.5 Å². The first-order valence-corrected chi connectivity index (χ1v) is 28.0. The van der Waals surface area contributed by atoms with Gasteiger partial charge in [0.25, 0.3) is 0 Å². The van der Waals surface area contributed by atoms with Gasteiger partial charge in [0.15, 0.2) is 16.6 Å². The second-order valence-electron chi connectivity index (χ2n) is 19.1. The number of rotatable bonds is 22. The number of epoxide rings is 1. The van der Waals surface area contributed by atoms with E-state index in [1.54, 1.807) is 0 Å². The highest BCUT2D eigenvalue weighted by atomic mass is 127. The van der Waals surface area contributed by atoms with Crippen molar-refractivity contribution in [3.05, 3.63) is 80.5 Å². The molecule has 3 atom stereocenters. The fourth-order valence-electron chi connectivity index (χ4n) is 6.49. The maximum absolute atomic E-state index is 13.7. The number of benzene rings is 2. The molecule has 0 spiro atoms. The zero-order valence-corrected chi connectivity index (χ0v) is 42.2. The Labute approximate surface area is 362 Å². The number of hydrogen-bond donors (Lipinski definition) is 0. The molecule has 57 heavy (non-hydrogen) atoms. The second-order valence-corrected chi connectivity index (χ2v) is 29.8. The van der Waals surface area contributed by atoms with Gasteiger partial charge in [0.1, 0.15) is 30.8 Å². The molecular formula is C47H75IO7Si2. The molecule has 7 nitrogen and oxygen atoms in total. The molecule has 0 amide bonds. The Hall–Kier alpha value is -1.97. The number of allylic oxidation sites excluding steroid dienone is 1. The van der Waals surface area contributed by atoms with E-state index in [4.69, 9.17) is 27.8 Å². The first-order valence-electron chi connectivity index (χ1n) is 21.1. The summed E-state index contributed by atoms with van der Waals surface area (Å²) in [4.78, 5) is 13.7. The van der Waals surface area contributed by atoms with Gasteiger partial charge in [-0.3, -0.25) is 0 Å². The Bertz CT molecular complexity index is 1670. The number of halogens is 1. The minimum absolute atomic E-state index is 0.0423. The van der Waals surface area contributed by atoms with Crippen LogP contribution in [0.3, 0.4) is 0 Å². The van der Waals surface area contributed by atoms with Crippen molar-refractivity contribution < 1.29 is 32.6 Å². The lowest BCUT2D eigenvalue weighted by atomic mass is 9.89. The lowest BCUT2D eigenvalue weighted by Gasteiger charge is -2.41. The first kappa shape index (κ1) is 49.4. The molecule has 0 aliphatic carbocycles. The van der Waals surface area contributed by atoms with Gasteiger partial charge < -0.3 is 27.8 Å². The van der Waals surface area contributed by atoms with E-state index in [1.165, 1.54) is 0 Å². The van der Waals surface area contributed by atoms with Crippen LogP contribution in [0.2, 0.25) is 36.3 Å². The molecule has 2 aromatic carbocycles. The second kappa shape index (κ2) is 20.5. The van der Waals surface area contributed by atoms with Crippen molar-refractivity contribution in [1.29, 1.82) is 0 Å². The summed E-state index contributed by atoms with van der Waals surface area (Å²) in [5.41, 5.74) is 4.11. The molecule has 2 aromatic rings. The standard InChI is InChI=1S/C47H75IO7Si2/c1-17-23-36(34(6)29-41(55-57(15,16)46(10,11)12)47(40(18-2)54-47)44(49)50-19-3)26-27-51-43-38(32-53-56(13,14)45(7,8)9)42(37(28-33(4)5)30-39(43)48)52-31-35-24-21-20-22-25-35/h20-22,24-26,30,33,40-41H,6,17-19,23,27-29,31-32H2,1-5,7-16H3/b36-26+/t40-,41+,47?/m1/s1. The minimum Gasteiger partial charge on any atom is -0.488 e. The van der Waals surface area contributed by atoms with Crippen LogP contribution in [-0.2, 0) is 42.8 Å². The predicted octanol–water partition coefficient (Wildman–Crippen LogP) is 13.1. The van der Waals surface area contributed by atoms with Crippen LogP contribution in [0, 0.1) is 9.49 Å². The number of carbonyl (C=O) groups is 1. The number of hydrogen-bond acceptors (Lipinski definition) is 7. The molecule has 0 N–H and O–H groups in total. The molecule has 0 radical (unpaired) electrons. The Morgan fingerprint density at radius 2 is 1.58 bits per heavy atom. The average molecular weight is 935 g/mol. The molecule has 10 heteroatoms. The largest absolute Gasteiger partial charge is 0.488 e. The van der Waals surface area contributed by atoms with Crippen molar-refractivity contribution in [3.63, 3.8) is 0 Å². The van der Waals surface area contributed by atoms with Crippen LogP contribution in [0.15, 0.2) is 60.2 Å².